The number of carbonyl (C=O) groups excluding carboxylic acids is 2. The largest absolute Gasteiger partial charge is 0.342 e. The molecule has 2 atom stereocenters. The molecule has 1 saturated heterocycles. The Kier molecular flexibility index (Phi) is 4.20. The van der Waals surface area contributed by atoms with Gasteiger partial charge in [0.05, 0.1) is 6.54 Å². The first kappa shape index (κ1) is 13.6. The van der Waals surface area contributed by atoms with E-state index in [1.54, 1.807) is 4.90 Å². The van der Waals surface area contributed by atoms with E-state index in [4.69, 9.17) is 0 Å². The average molecular weight is 260 g/mol. The predicted molar refractivity (Wildman–Crippen MR) is 73.5 cm³/mol. The molecule has 4 nitrogen and oxygen atoms in total. The van der Waals surface area contributed by atoms with Crippen LogP contribution in [0.15, 0.2) is 30.3 Å². The third kappa shape index (κ3) is 3.13. The Morgan fingerprint density at radius 2 is 2.00 bits per heavy atom. The topological polar surface area (TPSA) is 49.4 Å². The number of piperazine rings is 1. The van der Waals surface area contributed by atoms with E-state index < -0.39 is 6.04 Å². The van der Waals surface area contributed by atoms with Gasteiger partial charge < -0.3 is 10.2 Å². The van der Waals surface area contributed by atoms with Crippen molar-refractivity contribution in [3.63, 3.8) is 0 Å². The van der Waals surface area contributed by atoms with Crippen LogP contribution in [-0.2, 0) is 16.0 Å². The van der Waals surface area contributed by atoms with E-state index in [2.05, 4.69) is 5.32 Å². The maximum Gasteiger partial charge on any atom is 0.246 e. The van der Waals surface area contributed by atoms with Gasteiger partial charge in [-0.15, -0.1) is 0 Å². The van der Waals surface area contributed by atoms with Crippen LogP contribution in [0.4, 0.5) is 0 Å². The highest BCUT2D eigenvalue weighted by Crippen LogP contribution is 2.13. The van der Waals surface area contributed by atoms with Crippen molar-refractivity contribution in [2.75, 3.05) is 6.54 Å². The smallest absolute Gasteiger partial charge is 0.246 e. The van der Waals surface area contributed by atoms with E-state index in [0.717, 1.165) is 12.0 Å². The summed E-state index contributed by atoms with van der Waals surface area (Å²) in [6, 6.07) is 9.45. The molecular formula is C15H20N2O2. The lowest BCUT2D eigenvalue weighted by molar-refractivity contribution is -0.146. The fraction of sp³-hybridized carbons (Fsp3) is 0.467. The molecule has 4 heteroatoms. The SMILES string of the molecule is CCC(C)N1CC(=O)NC(Cc2ccccc2)C1=O. The van der Waals surface area contributed by atoms with Crippen LogP contribution in [0.2, 0.25) is 0 Å². The van der Waals surface area contributed by atoms with Gasteiger partial charge in [0.15, 0.2) is 0 Å². The van der Waals surface area contributed by atoms with Crippen LogP contribution in [0.1, 0.15) is 25.8 Å². The quantitative estimate of drug-likeness (QED) is 0.888. The van der Waals surface area contributed by atoms with Crippen molar-refractivity contribution in [2.24, 2.45) is 0 Å². The first-order valence-electron chi connectivity index (χ1n) is 6.75. The van der Waals surface area contributed by atoms with E-state index in [1.165, 1.54) is 0 Å². The van der Waals surface area contributed by atoms with E-state index in [0.29, 0.717) is 6.42 Å². The molecule has 0 aromatic heterocycles. The van der Waals surface area contributed by atoms with Crippen LogP contribution in [-0.4, -0.2) is 35.3 Å². The second kappa shape index (κ2) is 5.87. The molecule has 0 radical (unpaired) electrons. The van der Waals surface area contributed by atoms with Gasteiger partial charge in [0.1, 0.15) is 6.04 Å². The Morgan fingerprint density at radius 3 is 2.63 bits per heavy atom. The van der Waals surface area contributed by atoms with Gasteiger partial charge in [-0.05, 0) is 18.9 Å². The maximum absolute atomic E-state index is 12.4. The first-order valence-corrected chi connectivity index (χ1v) is 6.75. The van der Waals surface area contributed by atoms with Crippen LogP contribution in [0.5, 0.6) is 0 Å². The van der Waals surface area contributed by atoms with Gasteiger partial charge in [0, 0.05) is 12.5 Å². The number of hydrogen-bond acceptors (Lipinski definition) is 2. The predicted octanol–water partition coefficient (Wildman–Crippen LogP) is 1.35. The molecule has 2 rings (SSSR count). The zero-order chi connectivity index (χ0) is 13.8. The molecule has 0 saturated carbocycles. The lowest BCUT2D eigenvalue weighted by atomic mass is 10.0. The van der Waals surface area contributed by atoms with Crippen molar-refractivity contribution in [1.82, 2.24) is 10.2 Å². The summed E-state index contributed by atoms with van der Waals surface area (Å²) >= 11 is 0. The van der Waals surface area contributed by atoms with E-state index in [-0.39, 0.29) is 24.4 Å². The Labute approximate surface area is 113 Å². The molecule has 102 valence electrons. The Bertz CT molecular complexity index is 458. The number of rotatable bonds is 4. The van der Waals surface area contributed by atoms with Crippen LogP contribution in [0.25, 0.3) is 0 Å². The van der Waals surface area contributed by atoms with Crippen LogP contribution in [0, 0.1) is 0 Å². The molecule has 1 heterocycles. The minimum atomic E-state index is -0.433. The Morgan fingerprint density at radius 1 is 1.32 bits per heavy atom. The number of nitrogens with zero attached hydrogens (tertiary/aromatic N) is 1. The molecule has 1 aromatic rings. The van der Waals surface area contributed by atoms with E-state index in [9.17, 15) is 9.59 Å². The highest BCUT2D eigenvalue weighted by molar-refractivity contribution is 5.95. The van der Waals surface area contributed by atoms with Gasteiger partial charge in [-0.2, -0.15) is 0 Å². The number of nitrogens with one attached hydrogen (secondary N) is 1. The Balaban J connectivity index is 2.11. The van der Waals surface area contributed by atoms with Crippen LogP contribution >= 0.6 is 0 Å². The zero-order valence-electron chi connectivity index (χ0n) is 11.4. The highest BCUT2D eigenvalue weighted by Gasteiger charge is 2.34. The van der Waals surface area contributed by atoms with Gasteiger partial charge in [-0.25, -0.2) is 0 Å². The van der Waals surface area contributed by atoms with Crippen LogP contribution < -0.4 is 5.32 Å². The summed E-state index contributed by atoms with van der Waals surface area (Å²) in [6.07, 6.45) is 1.41. The van der Waals surface area contributed by atoms with Gasteiger partial charge >= 0.3 is 0 Å². The van der Waals surface area contributed by atoms with Crippen LogP contribution in [0.3, 0.4) is 0 Å². The maximum atomic E-state index is 12.4. The fourth-order valence-corrected chi connectivity index (χ4v) is 2.32. The Hall–Kier alpha value is -1.84. The van der Waals surface area contributed by atoms with Crippen molar-refractivity contribution in [3.05, 3.63) is 35.9 Å². The van der Waals surface area contributed by atoms with Gasteiger partial charge in [-0.3, -0.25) is 9.59 Å². The fourth-order valence-electron chi connectivity index (χ4n) is 2.32. The molecule has 0 aliphatic carbocycles. The molecule has 2 unspecified atom stereocenters. The minimum absolute atomic E-state index is 0.0257. The lowest BCUT2D eigenvalue weighted by Crippen LogP contribution is -2.60. The molecule has 1 N–H and O–H groups in total. The monoisotopic (exact) mass is 260 g/mol. The summed E-state index contributed by atoms with van der Waals surface area (Å²) in [7, 11) is 0. The highest BCUT2D eigenvalue weighted by atomic mass is 16.2. The molecule has 0 bridgehead atoms. The van der Waals surface area contributed by atoms with Crippen molar-refractivity contribution in [1.29, 1.82) is 0 Å². The average Bonchev–Trinajstić information content (AvgIpc) is 2.42. The summed E-state index contributed by atoms with van der Waals surface area (Å²) < 4.78 is 0. The molecule has 1 aliphatic rings. The second-order valence-electron chi connectivity index (χ2n) is 5.03. The number of hydrogen-bond donors (Lipinski definition) is 1. The third-order valence-corrected chi connectivity index (χ3v) is 3.64. The molecule has 1 aliphatic heterocycles. The first-order chi connectivity index (χ1) is 9.11. The van der Waals surface area contributed by atoms with Crippen molar-refractivity contribution >= 4 is 11.8 Å². The number of amides is 2. The molecule has 1 fully saturated rings. The molecular weight excluding hydrogens is 240 g/mol. The van der Waals surface area contributed by atoms with E-state index >= 15 is 0 Å². The third-order valence-electron chi connectivity index (χ3n) is 3.64. The molecule has 1 aromatic carbocycles. The van der Waals surface area contributed by atoms with Crippen molar-refractivity contribution in [2.45, 2.75) is 38.8 Å². The van der Waals surface area contributed by atoms with Crippen molar-refractivity contribution in [3.8, 4) is 0 Å². The number of benzene rings is 1. The summed E-state index contributed by atoms with van der Waals surface area (Å²) in [5.41, 5.74) is 1.06. The second-order valence-corrected chi connectivity index (χ2v) is 5.03. The normalized spacial score (nSPS) is 21.2. The van der Waals surface area contributed by atoms with Gasteiger partial charge in [-0.1, -0.05) is 37.3 Å². The van der Waals surface area contributed by atoms with Crippen molar-refractivity contribution < 1.29 is 9.59 Å². The van der Waals surface area contributed by atoms with Gasteiger partial charge in [0.2, 0.25) is 11.8 Å². The lowest BCUT2D eigenvalue weighted by Gasteiger charge is -2.36. The summed E-state index contributed by atoms with van der Waals surface area (Å²) in [6.45, 7) is 4.19. The van der Waals surface area contributed by atoms with Gasteiger partial charge in [0.25, 0.3) is 0 Å². The minimum Gasteiger partial charge on any atom is -0.342 e. The molecule has 19 heavy (non-hydrogen) atoms. The molecule has 0 spiro atoms. The number of carbonyl (C=O) groups is 2. The molecule has 2 amide bonds. The summed E-state index contributed by atoms with van der Waals surface area (Å²) in [5, 5.41) is 2.79. The van der Waals surface area contributed by atoms with E-state index in [1.807, 2.05) is 44.2 Å². The summed E-state index contributed by atoms with van der Waals surface area (Å²) in [5.74, 6) is -0.0429. The zero-order valence-corrected chi connectivity index (χ0v) is 11.4. The summed E-state index contributed by atoms with van der Waals surface area (Å²) in [4.78, 5) is 25.8. The standard InChI is InChI=1S/C15H20N2O2/c1-3-11(2)17-10-14(18)16-13(15(17)19)9-12-7-5-4-6-8-12/h4-8,11,13H,3,9-10H2,1-2H3,(H,16,18).